The highest BCUT2D eigenvalue weighted by Gasteiger charge is 2.46. The number of hydrogen-bond donors (Lipinski definition) is 3. The minimum atomic E-state index is -1.09. The van der Waals surface area contributed by atoms with Crippen molar-refractivity contribution in [1.82, 2.24) is 19.9 Å². The number of amides is 3. The molecule has 0 spiro atoms. The van der Waals surface area contributed by atoms with Crippen LogP contribution < -0.4 is 22.5 Å². The van der Waals surface area contributed by atoms with Crippen molar-refractivity contribution in [2.24, 2.45) is 18.5 Å². The molecule has 3 aromatic rings. The van der Waals surface area contributed by atoms with Gasteiger partial charge in [0.1, 0.15) is 6.04 Å². The highest BCUT2D eigenvalue weighted by molar-refractivity contribution is 5.94. The van der Waals surface area contributed by atoms with E-state index in [0.717, 1.165) is 28.7 Å². The van der Waals surface area contributed by atoms with Crippen molar-refractivity contribution in [1.29, 1.82) is 5.26 Å². The van der Waals surface area contributed by atoms with E-state index in [0.29, 0.717) is 49.2 Å². The number of likely N-dealkylation sites (tertiary alicyclic amines) is 1. The van der Waals surface area contributed by atoms with E-state index in [-0.39, 0.29) is 18.5 Å². The summed E-state index contributed by atoms with van der Waals surface area (Å²) in [5.41, 5.74) is 14.1. The fourth-order valence-corrected chi connectivity index (χ4v) is 6.50. The number of nitrogens with one attached hydrogen (secondary N) is 1. The van der Waals surface area contributed by atoms with E-state index < -0.39 is 29.0 Å². The van der Waals surface area contributed by atoms with Gasteiger partial charge in [-0.2, -0.15) is 15.0 Å². The predicted octanol–water partition coefficient (Wildman–Crippen LogP) is 0.887. The molecule has 42 heavy (non-hydrogen) atoms. The lowest BCUT2D eigenvalue weighted by Crippen LogP contribution is -2.46. The fourth-order valence-electron chi connectivity index (χ4n) is 6.50. The van der Waals surface area contributed by atoms with Gasteiger partial charge in [0.25, 0.3) is 0 Å². The van der Waals surface area contributed by atoms with Gasteiger partial charge in [-0.05, 0) is 85.5 Å². The van der Waals surface area contributed by atoms with E-state index in [1.165, 1.54) is 4.74 Å². The first-order valence-electron chi connectivity index (χ1n) is 13.9. The van der Waals surface area contributed by atoms with Gasteiger partial charge in [0.15, 0.2) is 5.82 Å². The summed E-state index contributed by atoms with van der Waals surface area (Å²) in [7, 11) is 1.60. The number of primary amides is 2. The number of benzene rings is 2. The minimum absolute atomic E-state index is 0.0219. The molecular weight excluding hydrogens is 538 g/mol. The van der Waals surface area contributed by atoms with Gasteiger partial charge in [0.05, 0.1) is 18.0 Å². The molecule has 2 heterocycles. The van der Waals surface area contributed by atoms with E-state index in [1.807, 2.05) is 19.1 Å². The van der Waals surface area contributed by atoms with E-state index in [1.54, 1.807) is 36.2 Å². The number of fused-ring (bicyclic) bond motifs is 2. The van der Waals surface area contributed by atoms with Crippen LogP contribution in [0.3, 0.4) is 0 Å². The number of aromatic nitrogens is 2. The molecule has 1 aliphatic heterocycles. The van der Waals surface area contributed by atoms with Gasteiger partial charge in [-0.1, -0.05) is 12.1 Å². The lowest BCUT2D eigenvalue weighted by atomic mass is 9.67. The summed E-state index contributed by atoms with van der Waals surface area (Å²) in [6.07, 6.45) is 2.81. The van der Waals surface area contributed by atoms with Crippen molar-refractivity contribution >= 4 is 17.7 Å². The summed E-state index contributed by atoms with van der Waals surface area (Å²) in [5.74, 6) is -1.73. The van der Waals surface area contributed by atoms with Crippen molar-refractivity contribution in [3.8, 4) is 6.07 Å². The third-order valence-electron chi connectivity index (χ3n) is 8.39. The molecule has 218 valence electrons. The zero-order valence-corrected chi connectivity index (χ0v) is 23.6. The maximum absolute atomic E-state index is 13.0. The van der Waals surface area contributed by atoms with Crippen LogP contribution >= 0.6 is 0 Å². The summed E-state index contributed by atoms with van der Waals surface area (Å²) in [6.45, 7) is 2.50. The Bertz CT molecular complexity index is 1600. The third-order valence-corrected chi connectivity index (χ3v) is 8.39. The monoisotopic (exact) mass is 571 g/mol. The number of rotatable bonds is 8. The molecule has 1 unspecified atom stereocenters. The SMILES string of the molecule is C[C@@H](CC1(c2nc(=O)on2C)c2ccc(C(N)=O)cc2CCc2cc(C(N)=O)ccc21)NCC(=O)N1CCCC1C#N. The number of nitrogens with zero attached hydrogens (tertiary/aromatic N) is 4. The molecule has 1 saturated heterocycles. The topological polar surface area (TPSA) is 190 Å². The van der Waals surface area contributed by atoms with Crippen molar-refractivity contribution < 1.29 is 18.9 Å². The van der Waals surface area contributed by atoms with Crippen LogP contribution in [0.25, 0.3) is 0 Å². The molecule has 12 nitrogen and oxygen atoms in total. The third kappa shape index (κ3) is 5.07. The fraction of sp³-hybridized carbons (Fsp3) is 0.400. The van der Waals surface area contributed by atoms with Gasteiger partial charge in [-0.25, -0.2) is 4.79 Å². The van der Waals surface area contributed by atoms with Crippen molar-refractivity contribution in [2.75, 3.05) is 13.1 Å². The molecule has 2 atom stereocenters. The van der Waals surface area contributed by atoms with Crippen LogP contribution in [0.5, 0.6) is 0 Å². The molecule has 2 aromatic carbocycles. The van der Waals surface area contributed by atoms with E-state index >= 15 is 0 Å². The molecule has 5 rings (SSSR count). The first kappa shape index (κ1) is 28.8. The summed E-state index contributed by atoms with van der Waals surface area (Å²) in [5, 5.41) is 12.7. The molecule has 0 radical (unpaired) electrons. The molecule has 1 fully saturated rings. The predicted molar refractivity (Wildman–Crippen MR) is 151 cm³/mol. The summed E-state index contributed by atoms with van der Waals surface area (Å²) < 4.78 is 6.69. The zero-order valence-electron chi connectivity index (χ0n) is 23.6. The number of carbonyl (C=O) groups excluding carboxylic acids is 3. The smallest absolute Gasteiger partial charge is 0.366 e. The Hall–Kier alpha value is -4.76. The highest BCUT2D eigenvalue weighted by Crippen LogP contribution is 2.47. The molecule has 3 amide bonds. The Kier molecular flexibility index (Phi) is 7.71. The largest absolute Gasteiger partial charge is 0.459 e. The standard InChI is InChI=1S/C30H33N7O5/c1-17(34-16-25(38)37-11-3-4-22(37)15-31)14-30(28-35-29(41)42-36(28)2)23-9-7-20(26(32)39)12-18(23)5-6-19-13-21(27(33)40)8-10-24(19)30/h7-10,12-13,17,22,34H,3-6,11,14,16H2,1-2H3,(H2,32,39)(H2,33,40)/t17-,22?/m0/s1. The van der Waals surface area contributed by atoms with E-state index in [4.69, 9.17) is 16.0 Å². The van der Waals surface area contributed by atoms with Crippen molar-refractivity contribution in [2.45, 2.75) is 56.5 Å². The van der Waals surface area contributed by atoms with Crippen LogP contribution in [0.2, 0.25) is 0 Å². The molecule has 2 aliphatic rings. The number of nitriles is 1. The normalized spacial score (nSPS) is 17.9. The molecule has 5 N–H and O–H groups in total. The Morgan fingerprint density at radius 2 is 1.71 bits per heavy atom. The van der Waals surface area contributed by atoms with Crippen LogP contribution in [0.15, 0.2) is 45.7 Å². The number of carbonyl (C=O) groups is 3. The van der Waals surface area contributed by atoms with E-state index in [2.05, 4.69) is 16.4 Å². The number of aryl methyl sites for hydroxylation is 3. The molecule has 0 bridgehead atoms. The highest BCUT2D eigenvalue weighted by atomic mass is 16.5. The van der Waals surface area contributed by atoms with Gasteiger partial charge in [0.2, 0.25) is 17.7 Å². The average Bonchev–Trinajstić information content (AvgIpc) is 3.55. The zero-order chi connectivity index (χ0) is 30.2. The Morgan fingerprint density at radius 3 is 2.21 bits per heavy atom. The maximum atomic E-state index is 13.0. The Labute approximate surface area is 242 Å². The van der Waals surface area contributed by atoms with Crippen LogP contribution in [0, 0.1) is 11.3 Å². The van der Waals surface area contributed by atoms with Crippen LogP contribution in [0.1, 0.15) is 75.0 Å². The first-order valence-corrected chi connectivity index (χ1v) is 13.9. The molecule has 1 aromatic heterocycles. The second-order valence-electron chi connectivity index (χ2n) is 11.0. The first-order chi connectivity index (χ1) is 20.0. The summed E-state index contributed by atoms with van der Waals surface area (Å²) in [6, 6.07) is 11.9. The minimum Gasteiger partial charge on any atom is -0.366 e. The van der Waals surface area contributed by atoms with E-state index in [9.17, 15) is 24.4 Å². The van der Waals surface area contributed by atoms with Crippen LogP contribution in [0.4, 0.5) is 0 Å². The molecule has 0 saturated carbocycles. The Morgan fingerprint density at radius 1 is 1.12 bits per heavy atom. The molecule has 1 aliphatic carbocycles. The van der Waals surface area contributed by atoms with Gasteiger partial charge in [-0.3, -0.25) is 14.4 Å². The van der Waals surface area contributed by atoms with Crippen molar-refractivity contribution in [3.05, 3.63) is 86.2 Å². The quantitative estimate of drug-likeness (QED) is 0.355. The molecular formula is C30H33N7O5. The molecule has 12 heteroatoms. The van der Waals surface area contributed by atoms with Gasteiger partial charge in [0, 0.05) is 30.8 Å². The van der Waals surface area contributed by atoms with Crippen molar-refractivity contribution in [3.63, 3.8) is 0 Å². The summed E-state index contributed by atoms with van der Waals surface area (Å²) >= 11 is 0. The van der Waals surface area contributed by atoms with Crippen LogP contribution in [-0.4, -0.2) is 57.5 Å². The van der Waals surface area contributed by atoms with Gasteiger partial charge >= 0.3 is 5.76 Å². The number of hydrogen-bond acceptors (Lipinski definition) is 8. The second-order valence-corrected chi connectivity index (χ2v) is 11.0. The Balaban J connectivity index is 1.65. The van der Waals surface area contributed by atoms with Gasteiger partial charge in [-0.15, -0.1) is 0 Å². The maximum Gasteiger partial charge on any atom is 0.459 e. The second kappa shape index (κ2) is 11.3. The lowest BCUT2D eigenvalue weighted by Gasteiger charge is -2.37. The summed E-state index contributed by atoms with van der Waals surface area (Å²) in [4.78, 5) is 55.6. The van der Waals surface area contributed by atoms with Crippen LogP contribution in [-0.2, 0) is 30.1 Å². The van der Waals surface area contributed by atoms with Gasteiger partial charge < -0.3 is 26.2 Å². The average molecular weight is 572 g/mol. The number of nitrogens with two attached hydrogens (primary N) is 2. The lowest BCUT2D eigenvalue weighted by molar-refractivity contribution is -0.130.